The molecule has 1 nitrogen and oxygen atoms in total. The van der Waals surface area contributed by atoms with E-state index in [1.165, 1.54) is 5.56 Å². The smallest absolute Gasteiger partial charge is 0.0946 e. The summed E-state index contributed by atoms with van der Waals surface area (Å²) in [4.78, 5) is 0.590. The quantitative estimate of drug-likeness (QED) is 0.576. The van der Waals surface area contributed by atoms with Crippen LogP contribution >= 0.6 is 12.2 Å². The highest BCUT2D eigenvalue weighted by Gasteiger charge is 2.20. The first-order valence-corrected chi connectivity index (χ1v) is 4.66. The van der Waals surface area contributed by atoms with E-state index in [0.29, 0.717) is 4.86 Å². The van der Waals surface area contributed by atoms with Gasteiger partial charge in [-0.1, -0.05) is 42.0 Å². The van der Waals surface area contributed by atoms with Crippen molar-refractivity contribution in [2.45, 2.75) is 26.4 Å². The number of benzene rings is 1. The number of rotatable bonds is 2. The van der Waals surface area contributed by atoms with E-state index in [0.717, 1.165) is 5.56 Å². The van der Waals surface area contributed by atoms with Crippen LogP contribution in [0, 0.1) is 6.92 Å². The molecule has 0 unspecified atom stereocenters. The van der Waals surface area contributed by atoms with E-state index in [2.05, 4.69) is 0 Å². The Balaban J connectivity index is 2.97. The van der Waals surface area contributed by atoms with E-state index in [4.69, 9.17) is 12.2 Å². The van der Waals surface area contributed by atoms with Gasteiger partial charge in [-0.05, 0) is 26.3 Å². The monoisotopic (exact) mass is 194 g/mol. The molecule has 0 atom stereocenters. The van der Waals surface area contributed by atoms with E-state index in [1.54, 1.807) is 13.8 Å². The predicted molar refractivity (Wildman–Crippen MR) is 59.2 cm³/mol. The summed E-state index contributed by atoms with van der Waals surface area (Å²) in [6.45, 7) is 5.43. The third kappa shape index (κ3) is 2.61. The Bertz CT molecular complexity index is 306. The van der Waals surface area contributed by atoms with Gasteiger partial charge in [-0.3, -0.25) is 0 Å². The van der Waals surface area contributed by atoms with Crippen LogP contribution in [-0.4, -0.2) is 15.6 Å². The maximum Gasteiger partial charge on any atom is 0.0946 e. The normalized spacial score (nSPS) is 11.4. The molecular weight excluding hydrogens is 180 g/mol. The molecule has 1 N–H and O–H groups in total. The van der Waals surface area contributed by atoms with Crippen molar-refractivity contribution >= 4 is 17.1 Å². The van der Waals surface area contributed by atoms with Gasteiger partial charge in [0, 0.05) is 0 Å². The summed E-state index contributed by atoms with van der Waals surface area (Å²) < 4.78 is 0. The maximum absolute atomic E-state index is 9.67. The van der Waals surface area contributed by atoms with E-state index >= 15 is 0 Å². The van der Waals surface area contributed by atoms with E-state index < -0.39 is 5.60 Å². The van der Waals surface area contributed by atoms with Crippen molar-refractivity contribution in [3.8, 4) is 0 Å². The van der Waals surface area contributed by atoms with Crippen LogP contribution in [-0.2, 0) is 0 Å². The van der Waals surface area contributed by atoms with Gasteiger partial charge in [-0.2, -0.15) is 0 Å². The number of hydrogen-bond donors (Lipinski definition) is 1. The zero-order valence-electron chi connectivity index (χ0n) is 8.16. The van der Waals surface area contributed by atoms with Gasteiger partial charge in [-0.25, -0.2) is 0 Å². The molecule has 0 fully saturated rings. The number of aliphatic hydroxyl groups is 1. The summed E-state index contributed by atoms with van der Waals surface area (Å²) in [5.41, 5.74) is 1.21. The molecule has 0 bridgehead atoms. The van der Waals surface area contributed by atoms with Gasteiger partial charge < -0.3 is 5.11 Å². The lowest BCUT2D eigenvalue weighted by molar-refractivity contribution is 0.157. The molecule has 0 aliphatic rings. The van der Waals surface area contributed by atoms with Crippen molar-refractivity contribution in [2.24, 2.45) is 0 Å². The summed E-state index contributed by atoms with van der Waals surface area (Å²) in [5.74, 6) is 0. The summed E-state index contributed by atoms with van der Waals surface area (Å²) in [6.07, 6.45) is 0. The van der Waals surface area contributed by atoms with Crippen LogP contribution in [0.1, 0.15) is 25.0 Å². The summed E-state index contributed by atoms with van der Waals surface area (Å²) in [6, 6.07) is 7.87. The van der Waals surface area contributed by atoms with E-state index in [9.17, 15) is 5.11 Å². The molecule has 1 aromatic carbocycles. The number of thiocarbonyl (C=S) groups is 1. The van der Waals surface area contributed by atoms with Crippen LogP contribution in [0.4, 0.5) is 0 Å². The Morgan fingerprint density at radius 1 is 1.23 bits per heavy atom. The van der Waals surface area contributed by atoms with Gasteiger partial charge in [0.1, 0.15) is 0 Å². The summed E-state index contributed by atoms with van der Waals surface area (Å²) >= 11 is 5.15. The van der Waals surface area contributed by atoms with Crippen LogP contribution in [0.3, 0.4) is 0 Å². The van der Waals surface area contributed by atoms with Crippen LogP contribution < -0.4 is 0 Å². The Morgan fingerprint density at radius 2 is 1.69 bits per heavy atom. The lowest BCUT2D eigenvalue weighted by Gasteiger charge is -2.18. The van der Waals surface area contributed by atoms with Crippen molar-refractivity contribution in [1.29, 1.82) is 0 Å². The lowest BCUT2D eigenvalue weighted by atomic mass is 9.98. The van der Waals surface area contributed by atoms with Gasteiger partial charge in [0.15, 0.2) is 0 Å². The zero-order chi connectivity index (χ0) is 10.1. The second kappa shape index (κ2) is 3.56. The van der Waals surface area contributed by atoms with Crippen LogP contribution in [0.5, 0.6) is 0 Å². The highest BCUT2D eigenvalue weighted by Crippen LogP contribution is 2.14. The van der Waals surface area contributed by atoms with Crippen LogP contribution in [0.15, 0.2) is 24.3 Å². The minimum atomic E-state index is -0.912. The van der Waals surface area contributed by atoms with Gasteiger partial charge in [0.25, 0.3) is 0 Å². The van der Waals surface area contributed by atoms with E-state index in [-0.39, 0.29) is 0 Å². The van der Waals surface area contributed by atoms with Crippen molar-refractivity contribution in [3.05, 3.63) is 35.4 Å². The fourth-order valence-corrected chi connectivity index (χ4v) is 1.19. The molecule has 1 rings (SSSR count). The zero-order valence-corrected chi connectivity index (χ0v) is 8.98. The van der Waals surface area contributed by atoms with Gasteiger partial charge in [0.05, 0.1) is 10.5 Å². The summed E-state index contributed by atoms with van der Waals surface area (Å²) in [5, 5.41) is 9.67. The fraction of sp³-hybridized carbons (Fsp3) is 0.364. The SMILES string of the molecule is Cc1ccc(C(=S)C(C)(C)O)cc1. The highest BCUT2D eigenvalue weighted by atomic mass is 32.1. The Kier molecular flexibility index (Phi) is 2.84. The third-order valence-electron chi connectivity index (χ3n) is 1.87. The number of aryl methyl sites for hydroxylation is 1. The molecule has 0 aliphatic carbocycles. The second-order valence-electron chi connectivity index (χ2n) is 3.75. The second-order valence-corrected chi connectivity index (χ2v) is 4.16. The fourth-order valence-electron chi connectivity index (χ4n) is 1.06. The van der Waals surface area contributed by atoms with Crippen molar-refractivity contribution < 1.29 is 5.11 Å². The molecule has 0 spiro atoms. The molecule has 13 heavy (non-hydrogen) atoms. The van der Waals surface area contributed by atoms with Crippen molar-refractivity contribution in [1.82, 2.24) is 0 Å². The van der Waals surface area contributed by atoms with Crippen molar-refractivity contribution in [2.75, 3.05) is 0 Å². The first-order valence-electron chi connectivity index (χ1n) is 4.25. The molecule has 0 saturated carbocycles. The highest BCUT2D eigenvalue weighted by molar-refractivity contribution is 7.81. The Morgan fingerprint density at radius 3 is 2.08 bits per heavy atom. The summed E-state index contributed by atoms with van der Waals surface area (Å²) in [7, 11) is 0. The molecule has 0 aromatic heterocycles. The van der Waals surface area contributed by atoms with Crippen LogP contribution in [0.25, 0.3) is 0 Å². The topological polar surface area (TPSA) is 20.2 Å². The Hall–Kier alpha value is -0.730. The first kappa shape index (κ1) is 10.4. The minimum Gasteiger partial charge on any atom is -0.385 e. The molecule has 0 saturated heterocycles. The lowest BCUT2D eigenvalue weighted by Crippen LogP contribution is -2.30. The molecule has 0 aliphatic heterocycles. The third-order valence-corrected chi connectivity index (χ3v) is 2.60. The van der Waals surface area contributed by atoms with Gasteiger partial charge in [-0.15, -0.1) is 0 Å². The van der Waals surface area contributed by atoms with E-state index in [1.807, 2.05) is 31.2 Å². The maximum atomic E-state index is 9.67. The number of hydrogen-bond acceptors (Lipinski definition) is 2. The molecule has 2 heteroatoms. The predicted octanol–water partition coefficient (Wildman–Crippen LogP) is 2.48. The molecule has 0 amide bonds. The average Bonchev–Trinajstić information content (AvgIpc) is 2.03. The molecule has 0 radical (unpaired) electrons. The minimum absolute atomic E-state index is 0.590. The first-order chi connectivity index (χ1) is 5.91. The molecule has 0 heterocycles. The Labute approximate surface area is 84.4 Å². The molecular formula is C11H14OS. The largest absolute Gasteiger partial charge is 0.385 e. The van der Waals surface area contributed by atoms with Crippen molar-refractivity contribution in [3.63, 3.8) is 0 Å². The molecule has 70 valence electrons. The standard InChI is InChI=1S/C11H14OS/c1-8-4-6-9(7-5-8)10(13)11(2,3)12/h4-7,12H,1-3H3. The van der Waals surface area contributed by atoms with Gasteiger partial charge >= 0.3 is 0 Å². The van der Waals surface area contributed by atoms with Crippen LogP contribution in [0.2, 0.25) is 0 Å². The molecule has 1 aromatic rings. The van der Waals surface area contributed by atoms with Gasteiger partial charge in [0.2, 0.25) is 0 Å². The average molecular weight is 194 g/mol.